The van der Waals surface area contributed by atoms with E-state index < -0.39 is 0 Å². The van der Waals surface area contributed by atoms with Gasteiger partial charge >= 0.3 is 0 Å². The third-order valence-corrected chi connectivity index (χ3v) is 4.51. The molecule has 1 heterocycles. The number of benzene rings is 2. The van der Waals surface area contributed by atoms with Crippen LogP contribution in [-0.4, -0.2) is 31.0 Å². The molecule has 2 aromatic carbocycles. The SMILES string of the molecule is COc1cc(C(=O)N2CCCC2)ccc1OCc1ccccc1Cl. The summed E-state index contributed by atoms with van der Waals surface area (Å²) in [6, 6.07) is 12.8. The molecule has 0 saturated carbocycles. The second-order valence-corrected chi connectivity index (χ2v) is 6.15. The summed E-state index contributed by atoms with van der Waals surface area (Å²) in [7, 11) is 1.57. The maximum atomic E-state index is 12.5. The summed E-state index contributed by atoms with van der Waals surface area (Å²) in [4.78, 5) is 14.3. The minimum atomic E-state index is 0.0449. The van der Waals surface area contributed by atoms with Gasteiger partial charge in [0, 0.05) is 29.2 Å². The van der Waals surface area contributed by atoms with Crippen LogP contribution in [0.2, 0.25) is 5.02 Å². The molecule has 0 atom stereocenters. The van der Waals surface area contributed by atoms with Crippen molar-refractivity contribution in [1.29, 1.82) is 0 Å². The molecule has 1 aliphatic rings. The summed E-state index contributed by atoms with van der Waals surface area (Å²) in [5, 5.41) is 0.664. The molecule has 0 aromatic heterocycles. The maximum Gasteiger partial charge on any atom is 0.253 e. The highest BCUT2D eigenvalue weighted by molar-refractivity contribution is 6.31. The average Bonchev–Trinajstić information content (AvgIpc) is 3.15. The van der Waals surface area contributed by atoms with Gasteiger partial charge in [-0.25, -0.2) is 0 Å². The molecule has 4 nitrogen and oxygen atoms in total. The van der Waals surface area contributed by atoms with Gasteiger partial charge in [0.25, 0.3) is 5.91 Å². The van der Waals surface area contributed by atoms with E-state index in [2.05, 4.69) is 0 Å². The van der Waals surface area contributed by atoms with Crippen LogP contribution in [0.15, 0.2) is 42.5 Å². The lowest BCUT2D eigenvalue weighted by Gasteiger charge is -2.17. The Labute approximate surface area is 146 Å². The maximum absolute atomic E-state index is 12.5. The Bertz CT molecular complexity index is 726. The smallest absolute Gasteiger partial charge is 0.253 e. The number of carbonyl (C=O) groups is 1. The zero-order chi connectivity index (χ0) is 16.9. The molecule has 3 rings (SSSR count). The third-order valence-electron chi connectivity index (χ3n) is 4.14. The summed E-state index contributed by atoms with van der Waals surface area (Å²) >= 11 is 6.14. The van der Waals surface area contributed by atoms with E-state index in [-0.39, 0.29) is 5.91 Å². The number of methoxy groups -OCH3 is 1. The van der Waals surface area contributed by atoms with E-state index in [0.717, 1.165) is 31.5 Å². The molecule has 24 heavy (non-hydrogen) atoms. The molecule has 2 aromatic rings. The number of nitrogens with zero attached hydrogens (tertiary/aromatic N) is 1. The van der Waals surface area contributed by atoms with E-state index in [9.17, 15) is 4.79 Å². The molecular weight excluding hydrogens is 326 g/mol. The highest BCUT2D eigenvalue weighted by Crippen LogP contribution is 2.30. The Morgan fingerprint density at radius 3 is 2.58 bits per heavy atom. The summed E-state index contributed by atoms with van der Waals surface area (Å²) < 4.78 is 11.2. The number of hydrogen-bond acceptors (Lipinski definition) is 3. The van der Waals surface area contributed by atoms with Crippen molar-refractivity contribution < 1.29 is 14.3 Å². The Kier molecular flexibility index (Phi) is 5.26. The summed E-state index contributed by atoms with van der Waals surface area (Å²) in [5.74, 6) is 1.19. The van der Waals surface area contributed by atoms with E-state index in [4.69, 9.17) is 21.1 Å². The zero-order valence-electron chi connectivity index (χ0n) is 13.6. The van der Waals surface area contributed by atoms with E-state index >= 15 is 0 Å². The number of hydrogen-bond donors (Lipinski definition) is 0. The van der Waals surface area contributed by atoms with Crippen LogP contribution in [0, 0.1) is 0 Å². The number of rotatable bonds is 5. The Hall–Kier alpha value is -2.20. The van der Waals surface area contributed by atoms with E-state index in [1.807, 2.05) is 29.2 Å². The lowest BCUT2D eigenvalue weighted by atomic mass is 10.1. The van der Waals surface area contributed by atoms with Gasteiger partial charge < -0.3 is 14.4 Å². The fraction of sp³-hybridized carbons (Fsp3) is 0.316. The minimum absolute atomic E-state index is 0.0449. The van der Waals surface area contributed by atoms with Crippen molar-refractivity contribution in [3.63, 3.8) is 0 Å². The first-order chi connectivity index (χ1) is 11.7. The topological polar surface area (TPSA) is 38.8 Å². The van der Waals surface area contributed by atoms with E-state index in [0.29, 0.717) is 28.7 Å². The van der Waals surface area contributed by atoms with E-state index in [1.165, 1.54) is 0 Å². The average molecular weight is 346 g/mol. The van der Waals surface area contributed by atoms with Crippen LogP contribution in [0.25, 0.3) is 0 Å². The van der Waals surface area contributed by atoms with Crippen molar-refractivity contribution >= 4 is 17.5 Å². The molecule has 0 bridgehead atoms. The predicted octanol–water partition coefficient (Wildman–Crippen LogP) is 4.16. The molecule has 1 amide bonds. The van der Waals surface area contributed by atoms with E-state index in [1.54, 1.807) is 25.3 Å². The Morgan fingerprint density at radius 1 is 1.12 bits per heavy atom. The second-order valence-electron chi connectivity index (χ2n) is 5.75. The van der Waals surface area contributed by atoms with Crippen molar-refractivity contribution in [3.05, 3.63) is 58.6 Å². The van der Waals surface area contributed by atoms with Gasteiger partial charge in [-0.3, -0.25) is 4.79 Å². The van der Waals surface area contributed by atoms with Gasteiger partial charge in [-0.2, -0.15) is 0 Å². The quantitative estimate of drug-likeness (QED) is 0.816. The van der Waals surface area contributed by atoms with Gasteiger partial charge in [0.05, 0.1) is 7.11 Å². The Morgan fingerprint density at radius 2 is 1.88 bits per heavy atom. The first kappa shape index (κ1) is 16.7. The molecular formula is C19H20ClNO3. The Balaban J connectivity index is 1.74. The minimum Gasteiger partial charge on any atom is -0.493 e. The van der Waals surface area contributed by atoms with Crippen LogP contribution in [-0.2, 0) is 6.61 Å². The number of ether oxygens (including phenoxy) is 2. The molecule has 5 heteroatoms. The van der Waals surface area contributed by atoms with Gasteiger partial charge in [0.15, 0.2) is 11.5 Å². The molecule has 1 saturated heterocycles. The fourth-order valence-electron chi connectivity index (χ4n) is 2.79. The lowest BCUT2D eigenvalue weighted by Crippen LogP contribution is -2.27. The highest BCUT2D eigenvalue weighted by atomic mass is 35.5. The normalized spacial score (nSPS) is 13.8. The van der Waals surface area contributed by atoms with Crippen LogP contribution in [0.3, 0.4) is 0 Å². The molecule has 0 aliphatic carbocycles. The monoisotopic (exact) mass is 345 g/mol. The van der Waals surface area contributed by atoms with Crippen molar-refractivity contribution in [2.75, 3.05) is 20.2 Å². The van der Waals surface area contributed by atoms with Crippen molar-refractivity contribution in [2.45, 2.75) is 19.4 Å². The molecule has 0 N–H and O–H groups in total. The summed E-state index contributed by atoms with van der Waals surface area (Å²) in [6.45, 7) is 1.99. The summed E-state index contributed by atoms with van der Waals surface area (Å²) in [6.07, 6.45) is 2.14. The van der Waals surface area contributed by atoms with Crippen LogP contribution in [0.4, 0.5) is 0 Å². The van der Waals surface area contributed by atoms with Crippen molar-refractivity contribution in [2.24, 2.45) is 0 Å². The van der Waals surface area contributed by atoms with Crippen LogP contribution in [0.5, 0.6) is 11.5 Å². The van der Waals surface area contributed by atoms with Gasteiger partial charge in [0.1, 0.15) is 6.61 Å². The predicted molar refractivity (Wildman–Crippen MR) is 93.9 cm³/mol. The van der Waals surface area contributed by atoms with Crippen molar-refractivity contribution in [1.82, 2.24) is 4.90 Å². The van der Waals surface area contributed by atoms with Crippen molar-refractivity contribution in [3.8, 4) is 11.5 Å². The van der Waals surface area contributed by atoms with Gasteiger partial charge in [-0.15, -0.1) is 0 Å². The second kappa shape index (κ2) is 7.58. The molecule has 0 unspecified atom stereocenters. The third kappa shape index (κ3) is 3.65. The summed E-state index contributed by atoms with van der Waals surface area (Å²) in [5.41, 5.74) is 1.53. The largest absolute Gasteiger partial charge is 0.493 e. The molecule has 1 aliphatic heterocycles. The fourth-order valence-corrected chi connectivity index (χ4v) is 2.98. The number of likely N-dealkylation sites (tertiary alicyclic amines) is 1. The van der Waals surface area contributed by atoms with Gasteiger partial charge in [0.2, 0.25) is 0 Å². The molecule has 126 valence electrons. The first-order valence-electron chi connectivity index (χ1n) is 8.02. The van der Waals surface area contributed by atoms with Crippen LogP contribution in [0.1, 0.15) is 28.8 Å². The highest BCUT2D eigenvalue weighted by Gasteiger charge is 2.20. The standard InChI is InChI=1S/C19H20ClNO3/c1-23-18-12-14(19(22)21-10-4-5-11-21)8-9-17(18)24-13-15-6-2-3-7-16(15)20/h2-3,6-9,12H,4-5,10-11,13H2,1H3. The first-order valence-corrected chi connectivity index (χ1v) is 8.40. The number of halogens is 1. The zero-order valence-corrected chi connectivity index (χ0v) is 14.4. The van der Waals surface area contributed by atoms with Gasteiger partial charge in [-0.1, -0.05) is 29.8 Å². The number of amides is 1. The van der Waals surface area contributed by atoms with Crippen LogP contribution < -0.4 is 9.47 Å². The molecule has 0 radical (unpaired) electrons. The number of carbonyl (C=O) groups excluding carboxylic acids is 1. The van der Waals surface area contributed by atoms with Gasteiger partial charge in [-0.05, 0) is 37.1 Å². The molecule has 0 spiro atoms. The lowest BCUT2D eigenvalue weighted by molar-refractivity contribution is 0.0792. The molecule has 1 fully saturated rings. The van der Waals surface area contributed by atoms with Crippen LogP contribution >= 0.6 is 11.6 Å².